The third-order valence-corrected chi connectivity index (χ3v) is 1.86. The van der Waals surface area contributed by atoms with E-state index in [1.54, 1.807) is 0 Å². The Morgan fingerprint density at radius 2 is 1.76 bits per heavy atom. The largest absolute Gasteiger partial charge is 0.463 e. The summed E-state index contributed by atoms with van der Waals surface area (Å²) in [5, 5.41) is 19.1. The molecular weight excluding hydrogens is 232 g/mol. The molecule has 0 fully saturated rings. The number of aliphatic hydroxyl groups is 2. The average molecular weight is 248 g/mol. The van der Waals surface area contributed by atoms with Gasteiger partial charge in [-0.05, 0) is 0 Å². The topological polar surface area (TPSA) is 110 Å². The summed E-state index contributed by atoms with van der Waals surface area (Å²) in [4.78, 5) is 31.5. The molecule has 0 spiro atoms. The van der Waals surface area contributed by atoms with Gasteiger partial charge in [-0.2, -0.15) is 0 Å². The number of hydrogen-bond donors (Lipinski definition) is 2. The van der Waals surface area contributed by atoms with Crippen LogP contribution < -0.4 is 0 Å². The van der Waals surface area contributed by atoms with Crippen LogP contribution in [0.2, 0.25) is 0 Å². The van der Waals surface area contributed by atoms with E-state index in [0.29, 0.717) is 6.29 Å². The number of aldehydes is 1. The van der Waals surface area contributed by atoms with Gasteiger partial charge in [0.2, 0.25) is 0 Å². The van der Waals surface area contributed by atoms with Gasteiger partial charge in [0, 0.05) is 20.3 Å². The molecule has 0 heterocycles. The van der Waals surface area contributed by atoms with Crippen molar-refractivity contribution in [3.63, 3.8) is 0 Å². The van der Waals surface area contributed by atoms with E-state index in [1.807, 2.05) is 0 Å². The standard InChI is InChI=1S/C10H16O7/c1-6(12)16-5-9(15)10(17-7(2)13)8(14)3-4-11/h4,8-10,14-15H,3,5H2,1-2H3/t8-,9-,10+/m1/s1. The summed E-state index contributed by atoms with van der Waals surface area (Å²) in [6.45, 7) is 1.82. The molecular formula is C10H16O7. The van der Waals surface area contributed by atoms with Gasteiger partial charge >= 0.3 is 11.9 Å². The molecule has 7 heteroatoms. The summed E-state index contributed by atoms with van der Waals surface area (Å²) in [7, 11) is 0. The Morgan fingerprint density at radius 3 is 2.18 bits per heavy atom. The number of hydrogen-bond acceptors (Lipinski definition) is 7. The Morgan fingerprint density at radius 1 is 1.18 bits per heavy atom. The number of esters is 2. The molecule has 0 aliphatic carbocycles. The SMILES string of the molecule is CC(=O)OC[C@@H](O)[C@@H](OC(C)=O)[C@H](O)CC=O. The predicted octanol–water partition coefficient (Wildman–Crippen LogP) is -1.21. The van der Waals surface area contributed by atoms with Crippen LogP contribution in [0.15, 0.2) is 0 Å². The first-order valence-electron chi connectivity index (χ1n) is 4.98. The smallest absolute Gasteiger partial charge is 0.303 e. The van der Waals surface area contributed by atoms with Crippen LogP contribution in [0, 0.1) is 0 Å². The number of carbonyl (C=O) groups excluding carboxylic acids is 3. The summed E-state index contributed by atoms with van der Waals surface area (Å²) in [5.41, 5.74) is 0. The third kappa shape index (κ3) is 6.64. The summed E-state index contributed by atoms with van der Waals surface area (Å²) < 4.78 is 9.18. The Kier molecular flexibility index (Phi) is 7.08. The van der Waals surface area contributed by atoms with E-state index in [0.717, 1.165) is 13.8 Å². The van der Waals surface area contributed by atoms with Gasteiger partial charge in [-0.3, -0.25) is 9.59 Å². The molecule has 0 bridgehead atoms. The van der Waals surface area contributed by atoms with E-state index in [9.17, 15) is 24.6 Å². The lowest BCUT2D eigenvalue weighted by Gasteiger charge is -2.25. The van der Waals surface area contributed by atoms with Crippen molar-refractivity contribution in [3.05, 3.63) is 0 Å². The highest BCUT2D eigenvalue weighted by Gasteiger charge is 2.30. The minimum Gasteiger partial charge on any atom is -0.463 e. The maximum Gasteiger partial charge on any atom is 0.303 e. The summed E-state index contributed by atoms with van der Waals surface area (Å²) in [5.74, 6) is -1.34. The summed E-state index contributed by atoms with van der Waals surface area (Å²) >= 11 is 0. The molecule has 0 unspecified atom stereocenters. The van der Waals surface area contributed by atoms with E-state index >= 15 is 0 Å². The van der Waals surface area contributed by atoms with Gasteiger partial charge in [-0.25, -0.2) is 0 Å². The van der Waals surface area contributed by atoms with Crippen LogP contribution in [-0.4, -0.2) is 53.4 Å². The number of ether oxygens (including phenoxy) is 2. The number of aliphatic hydroxyl groups excluding tert-OH is 2. The van der Waals surface area contributed by atoms with Gasteiger partial charge in [0.15, 0.2) is 6.10 Å². The zero-order chi connectivity index (χ0) is 13.4. The second kappa shape index (κ2) is 7.75. The van der Waals surface area contributed by atoms with Crippen LogP contribution in [0.4, 0.5) is 0 Å². The molecule has 0 aliphatic rings. The minimum absolute atomic E-state index is 0.297. The Balaban J connectivity index is 4.48. The molecule has 0 aromatic rings. The highest BCUT2D eigenvalue weighted by Crippen LogP contribution is 2.09. The van der Waals surface area contributed by atoms with Crippen molar-refractivity contribution in [1.82, 2.24) is 0 Å². The van der Waals surface area contributed by atoms with Crippen molar-refractivity contribution in [2.24, 2.45) is 0 Å². The zero-order valence-corrected chi connectivity index (χ0v) is 9.66. The molecule has 7 nitrogen and oxygen atoms in total. The fourth-order valence-electron chi connectivity index (χ4n) is 1.14. The molecule has 0 radical (unpaired) electrons. The Hall–Kier alpha value is -1.47. The first-order valence-corrected chi connectivity index (χ1v) is 4.98. The monoisotopic (exact) mass is 248 g/mol. The van der Waals surface area contributed by atoms with Crippen molar-refractivity contribution in [2.75, 3.05) is 6.61 Å². The molecule has 0 aromatic heterocycles. The van der Waals surface area contributed by atoms with Crippen molar-refractivity contribution >= 4 is 18.2 Å². The normalized spacial score (nSPS) is 15.5. The Bertz CT molecular complexity index is 276. The molecule has 17 heavy (non-hydrogen) atoms. The van der Waals surface area contributed by atoms with E-state index in [4.69, 9.17) is 0 Å². The van der Waals surface area contributed by atoms with Crippen LogP contribution in [0.3, 0.4) is 0 Å². The lowest BCUT2D eigenvalue weighted by molar-refractivity contribution is -0.169. The van der Waals surface area contributed by atoms with Crippen LogP contribution in [0.25, 0.3) is 0 Å². The minimum atomic E-state index is -1.39. The second-order valence-corrected chi connectivity index (χ2v) is 3.41. The molecule has 0 amide bonds. The first-order chi connectivity index (χ1) is 7.88. The van der Waals surface area contributed by atoms with Gasteiger partial charge in [0.05, 0.1) is 0 Å². The lowest BCUT2D eigenvalue weighted by Crippen LogP contribution is -2.43. The van der Waals surface area contributed by atoms with Gasteiger partial charge in [0.25, 0.3) is 0 Å². The molecule has 0 aromatic carbocycles. The van der Waals surface area contributed by atoms with Crippen molar-refractivity contribution in [2.45, 2.75) is 38.6 Å². The van der Waals surface area contributed by atoms with Gasteiger partial charge in [-0.15, -0.1) is 0 Å². The molecule has 0 saturated carbocycles. The van der Waals surface area contributed by atoms with Gasteiger partial charge in [-0.1, -0.05) is 0 Å². The molecule has 0 aliphatic heterocycles. The fraction of sp³-hybridized carbons (Fsp3) is 0.700. The first kappa shape index (κ1) is 15.5. The predicted molar refractivity (Wildman–Crippen MR) is 54.9 cm³/mol. The van der Waals surface area contributed by atoms with E-state index in [-0.39, 0.29) is 6.42 Å². The van der Waals surface area contributed by atoms with E-state index < -0.39 is 36.9 Å². The van der Waals surface area contributed by atoms with Crippen molar-refractivity contribution in [1.29, 1.82) is 0 Å². The lowest BCUT2D eigenvalue weighted by atomic mass is 10.1. The molecule has 0 saturated heterocycles. The second-order valence-electron chi connectivity index (χ2n) is 3.41. The van der Waals surface area contributed by atoms with Gasteiger partial charge < -0.3 is 24.5 Å². The van der Waals surface area contributed by atoms with Gasteiger partial charge in [0.1, 0.15) is 25.1 Å². The molecule has 2 N–H and O–H groups in total. The molecule has 3 atom stereocenters. The van der Waals surface area contributed by atoms with Crippen LogP contribution in [0.1, 0.15) is 20.3 Å². The molecule has 0 rings (SSSR count). The Labute approximate surface area is 98.3 Å². The number of carbonyl (C=O) groups is 3. The van der Waals surface area contributed by atoms with Crippen molar-refractivity contribution < 1.29 is 34.1 Å². The summed E-state index contributed by atoms with van der Waals surface area (Å²) in [6.07, 6.45) is -3.91. The maximum absolute atomic E-state index is 10.8. The average Bonchev–Trinajstić information content (AvgIpc) is 2.22. The highest BCUT2D eigenvalue weighted by molar-refractivity contribution is 5.66. The van der Waals surface area contributed by atoms with E-state index in [2.05, 4.69) is 9.47 Å². The third-order valence-electron chi connectivity index (χ3n) is 1.86. The maximum atomic E-state index is 10.8. The van der Waals surface area contributed by atoms with Crippen LogP contribution in [0.5, 0.6) is 0 Å². The highest BCUT2D eigenvalue weighted by atomic mass is 16.6. The van der Waals surface area contributed by atoms with Crippen LogP contribution >= 0.6 is 0 Å². The van der Waals surface area contributed by atoms with Crippen LogP contribution in [-0.2, 0) is 23.9 Å². The number of rotatable bonds is 7. The van der Waals surface area contributed by atoms with E-state index in [1.165, 1.54) is 0 Å². The molecule has 98 valence electrons. The zero-order valence-electron chi connectivity index (χ0n) is 9.66. The van der Waals surface area contributed by atoms with Crippen molar-refractivity contribution in [3.8, 4) is 0 Å². The fourth-order valence-corrected chi connectivity index (χ4v) is 1.14. The quantitative estimate of drug-likeness (QED) is 0.429. The summed E-state index contributed by atoms with van der Waals surface area (Å²) in [6, 6.07) is 0.